The highest BCUT2D eigenvalue weighted by Crippen LogP contribution is 2.32. The first-order valence-electron chi connectivity index (χ1n) is 7.36. The molecule has 0 spiro atoms. The Morgan fingerprint density at radius 3 is 2.43 bits per heavy atom. The number of alkyl halides is 1. The Morgan fingerprint density at radius 2 is 1.96 bits per heavy atom. The number of carbonyl (C=O) groups is 1. The van der Waals surface area contributed by atoms with Crippen molar-refractivity contribution in [2.45, 2.75) is 36.9 Å². The van der Waals surface area contributed by atoms with Crippen LogP contribution in [0.2, 0.25) is 0 Å². The number of hydrogen-bond donors (Lipinski definition) is 4. The first-order valence-corrected chi connectivity index (χ1v) is 10.2. The number of nitrogens with zero attached hydrogens (tertiary/aromatic N) is 1. The van der Waals surface area contributed by atoms with Crippen LogP contribution in [0.1, 0.15) is 32.1 Å². The van der Waals surface area contributed by atoms with Gasteiger partial charge in [-0.2, -0.15) is 5.10 Å². The van der Waals surface area contributed by atoms with E-state index in [2.05, 4.69) is 26.5 Å². The second-order valence-electron chi connectivity index (χ2n) is 5.80. The van der Waals surface area contributed by atoms with Crippen molar-refractivity contribution in [2.24, 2.45) is 22.7 Å². The fraction of sp³-hybridized carbons (Fsp3) is 0.769. The number of halogens is 1. The van der Waals surface area contributed by atoms with Gasteiger partial charge >= 0.3 is 0 Å². The lowest BCUT2D eigenvalue weighted by Gasteiger charge is -2.29. The summed E-state index contributed by atoms with van der Waals surface area (Å²) in [6.07, 6.45) is 4.31. The highest BCUT2D eigenvalue weighted by Gasteiger charge is 2.29. The van der Waals surface area contributed by atoms with Gasteiger partial charge in [-0.15, -0.1) is 0 Å². The smallest absolute Gasteiger partial charge is 0.233 e. The number of amidine groups is 1. The maximum atomic E-state index is 11.6. The van der Waals surface area contributed by atoms with E-state index in [0.29, 0.717) is 11.5 Å². The zero-order valence-electron chi connectivity index (χ0n) is 13.3. The van der Waals surface area contributed by atoms with Gasteiger partial charge in [-0.05, 0) is 37.5 Å². The second kappa shape index (κ2) is 8.62. The van der Waals surface area contributed by atoms with Crippen molar-refractivity contribution in [1.29, 1.82) is 5.41 Å². The summed E-state index contributed by atoms with van der Waals surface area (Å²) >= 11 is 3.38. The Hall–Kier alpha value is -1.16. The molecule has 0 bridgehead atoms. The molecule has 10 heteroatoms. The quantitative estimate of drug-likeness (QED) is 0.210. The number of nitrogens with two attached hydrogens (primary N) is 1. The van der Waals surface area contributed by atoms with Gasteiger partial charge in [-0.25, -0.2) is 8.42 Å². The molecule has 1 saturated carbocycles. The van der Waals surface area contributed by atoms with E-state index >= 15 is 0 Å². The van der Waals surface area contributed by atoms with E-state index in [1.165, 1.54) is 0 Å². The number of hydrazone groups is 1. The molecule has 1 fully saturated rings. The Kier molecular flexibility index (Phi) is 7.46. The van der Waals surface area contributed by atoms with Crippen LogP contribution in [0, 0.1) is 17.2 Å². The van der Waals surface area contributed by atoms with Gasteiger partial charge < -0.3 is 16.6 Å². The minimum atomic E-state index is -3.50. The first-order chi connectivity index (χ1) is 10.6. The molecule has 8 nitrogen and oxygen atoms in total. The van der Waals surface area contributed by atoms with Crippen LogP contribution in [0.25, 0.3) is 0 Å². The van der Waals surface area contributed by atoms with E-state index in [4.69, 9.17) is 11.1 Å². The fourth-order valence-electron chi connectivity index (χ4n) is 2.74. The molecule has 0 aromatic carbocycles. The predicted molar refractivity (Wildman–Crippen MR) is 94.2 cm³/mol. The highest BCUT2D eigenvalue weighted by molar-refractivity contribution is 9.10. The minimum absolute atomic E-state index is 0.0965. The molecule has 5 N–H and O–H groups in total. The maximum Gasteiger partial charge on any atom is 0.233 e. The van der Waals surface area contributed by atoms with Crippen LogP contribution in [0.15, 0.2) is 5.10 Å². The molecule has 1 aliphatic rings. The van der Waals surface area contributed by atoms with Crippen molar-refractivity contribution in [2.75, 3.05) is 13.3 Å². The summed E-state index contributed by atoms with van der Waals surface area (Å²) in [7, 11) is -1.86. The van der Waals surface area contributed by atoms with E-state index in [0.717, 1.165) is 31.9 Å². The molecule has 0 aliphatic heterocycles. The molecule has 0 saturated heterocycles. The molecule has 1 aliphatic carbocycles. The first kappa shape index (κ1) is 19.9. The van der Waals surface area contributed by atoms with Crippen LogP contribution in [-0.4, -0.2) is 44.0 Å². The zero-order valence-corrected chi connectivity index (χ0v) is 15.7. The van der Waals surface area contributed by atoms with E-state index < -0.39 is 20.8 Å². The Labute approximate surface area is 145 Å². The molecule has 1 rings (SSSR count). The molecule has 0 aromatic heterocycles. The minimum Gasteiger partial charge on any atom is -0.384 e. The summed E-state index contributed by atoms with van der Waals surface area (Å²) in [6.45, 7) is 0. The number of rotatable bonds is 7. The maximum absolute atomic E-state index is 11.6. The van der Waals surface area contributed by atoms with Crippen molar-refractivity contribution >= 4 is 43.4 Å². The third-order valence-electron chi connectivity index (χ3n) is 3.83. The van der Waals surface area contributed by atoms with Gasteiger partial charge in [0.15, 0.2) is 0 Å². The van der Waals surface area contributed by atoms with Crippen molar-refractivity contribution in [1.82, 2.24) is 10.1 Å². The lowest BCUT2D eigenvalue weighted by molar-refractivity contribution is -0.120. The lowest BCUT2D eigenvalue weighted by atomic mass is 9.78. The third-order valence-corrected chi connectivity index (χ3v) is 5.39. The molecular weight excluding hydrogens is 386 g/mol. The number of sulfonamides is 1. The van der Waals surface area contributed by atoms with Gasteiger partial charge in [-0.1, -0.05) is 15.9 Å². The van der Waals surface area contributed by atoms with E-state index in [-0.39, 0.29) is 18.3 Å². The normalized spacial score (nSPS) is 23.9. The molecule has 132 valence electrons. The summed E-state index contributed by atoms with van der Waals surface area (Å²) in [5.41, 5.74) is 8.86. The van der Waals surface area contributed by atoms with Crippen LogP contribution in [-0.2, 0) is 14.8 Å². The number of carbonyl (C=O) groups excluding carboxylic acids is 1. The van der Waals surface area contributed by atoms with Crippen LogP contribution in [0.5, 0.6) is 0 Å². The van der Waals surface area contributed by atoms with Crippen molar-refractivity contribution in [3.05, 3.63) is 0 Å². The summed E-state index contributed by atoms with van der Waals surface area (Å²) in [5.74, 6) is 0.0963. The Morgan fingerprint density at radius 1 is 1.39 bits per heavy atom. The SMILES string of the molecule is CNN=C(N)C(Br)C(=N)C1CCC(CC(=O)NS(C)(=O)=O)CC1. The molecule has 1 amide bonds. The predicted octanol–water partition coefficient (Wildman–Crippen LogP) is 0.534. The standard InChI is InChI=1S/C13H24BrN5O3S/c1-17-18-13(16)11(14)12(15)9-5-3-8(4-6-9)7-10(20)19-23(2,21)22/h8-9,11,15,17H,3-7H2,1-2H3,(H2,16,18)(H,19,20). The van der Waals surface area contributed by atoms with Crippen molar-refractivity contribution < 1.29 is 13.2 Å². The third kappa shape index (κ3) is 6.86. The van der Waals surface area contributed by atoms with E-state index in [9.17, 15) is 13.2 Å². The van der Waals surface area contributed by atoms with Gasteiger partial charge in [0.2, 0.25) is 15.9 Å². The number of amides is 1. The number of hydrogen-bond acceptors (Lipinski definition) is 6. The van der Waals surface area contributed by atoms with Crippen LogP contribution in [0.3, 0.4) is 0 Å². The van der Waals surface area contributed by atoms with Crippen LogP contribution >= 0.6 is 15.9 Å². The molecular formula is C13H24BrN5O3S. The Bertz CT molecular complexity index is 570. The zero-order chi connectivity index (χ0) is 17.6. The van der Waals surface area contributed by atoms with Crippen molar-refractivity contribution in [3.63, 3.8) is 0 Å². The highest BCUT2D eigenvalue weighted by atomic mass is 79.9. The molecule has 1 unspecified atom stereocenters. The summed E-state index contributed by atoms with van der Waals surface area (Å²) in [6, 6.07) is 0. The largest absolute Gasteiger partial charge is 0.384 e. The molecule has 0 aromatic rings. The monoisotopic (exact) mass is 409 g/mol. The van der Waals surface area contributed by atoms with Crippen LogP contribution in [0.4, 0.5) is 0 Å². The van der Waals surface area contributed by atoms with Gasteiger partial charge in [0.25, 0.3) is 0 Å². The topological polar surface area (TPSA) is 137 Å². The van der Waals surface area contributed by atoms with E-state index in [1.807, 2.05) is 4.72 Å². The fourth-order valence-corrected chi connectivity index (χ4v) is 3.71. The lowest BCUT2D eigenvalue weighted by Crippen LogP contribution is -2.37. The van der Waals surface area contributed by atoms with Gasteiger partial charge in [0.05, 0.1) is 6.26 Å². The summed E-state index contributed by atoms with van der Waals surface area (Å²) in [5, 5.41) is 12.1. The number of nitrogens with one attached hydrogen (secondary N) is 3. The average Bonchev–Trinajstić information content (AvgIpc) is 2.44. The van der Waals surface area contributed by atoms with Gasteiger partial charge in [0.1, 0.15) is 10.7 Å². The second-order valence-corrected chi connectivity index (χ2v) is 8.46. The van der Waals surface area contributed by atoms with Crippen molar-refractivity contribution in [3.8, 4) is 0 Å². The molecule has 1 atom stereocenters. The molecule has 0 heterocycles. The van der Waals surface area contributed by atoms with Crippen LogP contribution < -0.4 is 15.9 Å². The molecule has 23 heavy (non-hydrogen) atoms. The van der Waals surface area contributed by atoms with Gasteiger partial charge in [-0.3, -0.25) is 9.52 Å². The van der Waals surface area contributed by atoms with E-state index in [1.54, 1.807) is 7.05 Å². The summed E-state index contributed by atoms with van der Waals surface area (Å²) < 4.78 is 24.0. The summed E-state index contributed by atoms with van der Waals surface area (Å²) in [4.78, 5) is 11.2. The average molecular weight is 410 g/mol. The Balaban J connectivity index is 2.48. The molecule has 0 radical (unpaired) electrons. The van der Waals surface area contributed by atoms with Gasteiger partial charge in [0, 0.05) is 19.2 Å².